The molecule has 0 fully saturated rings. The molecule has 9 nitrogen and oxygen atoms in total. The lowest BCUT2D eigenvalue weighted by Gasteiger charge is -2.33. The van der Waals surface area contributed by atoms with Crippen LogP contribution in [0.3, 0.4) is 0 Å². The van der Waals surface area contributed by atoms with Crippen molar-refractivity contribution in [3.05, 3.63) is 16.1 Å². The van der Waals surface area contributed by atoms with E-state index in [1.807, 2.05) is 20.9 Å². The van der Waals surface area contributed by atoms with Gasteiger partial charge in [-0.2, -0.15) is 0 Å². The van der Waals surface area contributed by atoms with Crippen molar-refractivity contribution in [2.75, 3.05) is 27.7 Å². The monoisotopic (exact) mass is 514 g/mol. The number of carbonyl (C=O) groups excluding carboxylic acids is 3. The first-order valence-electron chi connectivity index (χ1n) is 12.4. The molecule has 35 heavy (non-hydrogen) atoms. The van der Waals surface area contributed by atoms with E-state index in [0.29, 0.717) is 30.2 Å². The van der Waals surface area contributed by atoms with Gasteiger partial charge in [-0.3, -0.25) is 9.59 Å². The van der Waals surface area contributed by atoms with Gasteiger partial charge in [-0.1, -0.05) is 40.5 Å². The minimum absolute atomic E-state index is 0.0923. The second-order valence-corrected chi connectivity index (χ2v) is 10.1. The Bertz CT molecular complexity index is 756. The lowest BCUT2D eigenvalue weighted by molar-refractivity contribution is -0.134. The number of primary amides is 1. The summed E-state index contributed by atoms with van der Waals surface area (Å²) in [4.78, 5) is 40.1. The summed E-state index contributed by atoms with van der Waals surface area (Å²) in [5.41, 5.74) is 5.15. The molecule has 1 heterocycles. The van der Waals surface area contributed by atoms with E-state index in [1.165, 1.54) is 18.4 Å². The molecule has 0 saturated heterocycles. The minimum Gasteiger partial charge on any atom is -0.464 e. The van der Waals surface area contributed by atoms with Gasteiger partial charge >= 0.3 is 5.97 Å². The third-order valence-corrected chi connectivity index (χ3v) is 6.84. The number of nitrogens with one attached hydrogen (secondary N) is 1. The fourth-order valence-electron chi connectivity index (χ4n) is 3.40. The Hall–Kier alpha value is -2.04. The zero-order valence-electron chi connectivity index (χ0n) is 22.5. The maximum absolute atomic E-state index is 12.5. The molecule has 0 saturated carbocycles. The second-order valence-electron chi connectivity index (χ2n) is 9.23. The Balaban J connectivity index is 0.000000972. The van der Waals surface area contributed by atoms with Gasteiger partial charge in [0.2, 0.25) is 11.8 Å². The second kappa shape index (κ2) is 18.3. The average molecular weight is 515 g/mol. The molecule has 1 aromatic heterocycles. The summed E-state index contributed by atoms with van der Waals surface area (Å²) in [6.45, 7) is 9.23. The molecular weight excluding hydrogens is 468 g/mol. The number of nitrogens with two attached hydrogens (primary N) is 1. The number of esters is 1. The molecule has 1 aromatic rings. The number of carbonyl (C=O) groups is 3. The van der Waals surface area contributed by atoms with Crippen molar-refractivity contribution in [1.82, 2.24) is 15.2 Å². The fraction of sp³-hybridized carbons (Fsp3) is 0.760. The van der Waals surface area contributed by atoms with Crippen LogP contribution in [-0.2, 0) is 14.3 Å². The molecule has 0 radical (unpaired) electrons. The van der Waals surface area contributed by atoms with E-state index in [1.54, 1.807) is 17.3 Å². The lowest BCUT2D eigenvalue weighted by Crippen LogP contribution is -2.41. The number of aliphatic hydroxyl groups excluding tert-OH is 1. The average Bonchev–Trinajstić information content (AvgIpc) is 3.31. The van der Waals surface area contributed by atoms with Gasteiger partial charge in [0.05, 0.1) is 7.11 Å². The van der Waals surface area contributed by atoms with Crippen molar-refractivity contribution in [3.8, 4) is 0 Å². The molecule has 0 aromatic carbocycles. The highest BCUT2D eigenvalue weighted by Crippen LogP contribution is 2.27. The van der Waals surface area contributed by atoms with Gasteiger partial charge in [0.15, 0.2) is 5.69 Å². The first-order chi connectivity index (χ1) is 16.5. The molecule has 4 N–H and O–H groups in total. The van der Waals surface area contributed by atoms with E-state index in [2.05, 4.69) is 28.9 Å². The highest BCUT2D eigenvalue weighted by molar-refractivity contribution is 7.09. The summed E-state index contributed by atoms with van der Waals surface area (Å²) in [6.07, 6.45) is 4.71. The first kappa shape index (κ1) is 33.0. The van der Waals surface area contributed by atoms with Crippen molar-refractivity contribution in [1.29, 1.82) is 0 Å². The van der Waals surface area contributed by atoms with Crippen LogP contribution >= 0.6 is 11.3 Å². The molecule has 0 aliphatic heterocycles. The van der Waals surface area contributed by atoms with Crippen molar-refractivity contribution in [2.24, 2.45) is 17.6 Å². The standard InChI is InChI=1S/C18H30N2O4S.C7H16N2O/c1-7-12(4)8-16(22)20(5)14(11(2)3)9-15(21)17-19-13(10-25-17)18(23)24-6;1-9-6-4-2-3-5-7(8)10/h10-12,14-15,21H,7-9H2,1-6H3;9H,2-6H2,1H3,(H2,8,10)/t12-,14?,15?;/m0./s1. The largest absolute Gasteiger partial charge is 0.464 e. The van der Waals surface area contributed by atoms with Crippen LogP contribution in [0.2, 0.25) is 0 Å². The summed E-state index contributed by atoms with van der Waals surface area (Å²) in [6, 6.07) is -0.1000. The van der Waals surface area contributed by atoms with E-state index in [9.17, 15) is 19.5 Å². The van der Waals surface area contributed by atoms with Gasteiger partial charge in [0.25, 0.3) is 0 Å². The van der Waals surface area contributed by atoms with Crippen molar-refractivity contribution < 1.29 is 24.2 Å². The fourth-order valence-corrected chi connectivity index (χ4v) is 4.18. The van der Waals surface area contributed by atoms with Crippen molar-refractivity contribution in [3.63, 3.8) is 0 Å². The summed E-state index contributed by atoms with van der Waals surface area (Å²) < 4.78 is 4.64. The van der Waals surface area contributed by atoms with E-state index < -0.39 is 12.1 Å². The Morgan fingerprint density at radius 1 is 1.23 bits per heavy atom. The molecular formula is C25H46N4O5S. The van der Waals surface area contributed by atoms with Crippen LogP contribution in [0, 0.1) is 11.8 Å². The topological polar surface area (TPSA) is 135 Å². The van der Waals surface area contributed by atoms with Gasteiger partial charge in [0.1, 0.15) is 11.1 Å². The maximum atomic E-state index is 12.5. The van der Waals surface area contributed by atoms with Gasteiger partial charge in [-0.15, -0.1) is 11.3 Å². The van der Waals surface area contributed by atoms with Crippen LogP contribution in [0.25, 0.3) is 0 Å². The van der Waals surface area contributed by atoms with Gasteiger partial charge < -0.3 is 25.8 Å². The lowest BCUT2D eigenvalue weighted by atomic mass is 9.95. The molecule has 0 spiro atoms. The van der Waals surface area contributed by atoms with E-state index in [0.717, 1.165) is 32.2 Å². The molecule has 3 atom stereocenters. The summed E-state index contributed by atoms with van der Waals surface area (Å²) in [5.74, 6) is -0.0788. The summed E-state index contributed by atoms with van der Waals surface area (Å²) in [5, 5.41) is 15.6. The van der Waals surface area contributed by atoms with Gasteiger partial charge in [-0.05, 0) is 38.3 Å². The first-order valence-corrected chi connectivity index (χ1v) is 13.3. The van der Waals surface area contributed by atoms with Crippen molar-refractivity contribution >= 4 is 29.1 Å². The normalized spacial score (nSPS) is 13.4. The number of amides is 2. The summed E-state index contributed by atoms with van der Waals surface area (Å²) >= 11 is 1.22. The zero-order valence-corrected chi connectivity index (χ0v) is 23.3. The number of hydrogen-bond acceptors (Lipinski definition) is 8. The van der Waals surface area contributed by atoms with E-state index in [-0.39, 0.29) is 29.5 Å². The Morgan fingerprint density at radius 3 is 2.40 bits per heavy atom. The molecule has 2 unspecified atom stereocenters. The number of aliphatic hydroxyl groups is 1. The van der Waals surface area contributed by atoms with Crippen molar-refractivity contribution in [2.45, 2.75) is 84.8 Å². The highest BCUT2D eigenvalue weighted by atomic mass is 32.1. The number of methoxy groups -OCH3 is 1. The zero-order chi connectivity index (χ0) is 27.0. The van der Waals surface area contributed by atoms with Gasteiger partial charge in [-0.25, -0.2) is 9.78 Å². The Kier molecular flexibility index (Phi) is 17.2. The number of nitrogens with zero attached hydrogens (tertiary/aromatic N) is 2. The Labute approximate surface area is 214 Å². The van der Waals surface area contributed by atoms with E-state index in [4.69, 9.17) is 5.73 Å². The molecule has 0 aliphatic carbocycles. The number of ether oxygens (including phenoxy) is 1. The third kappa shape index (κ3) is 13.6. The number of aromatic nitrogens is 1. The predicted molar refractivity (Wildman–Crippen MR) is 140 cm³/mol. The molecule has 1 rings (SSSR count). The molecule has 2 amide bonds. The molecule has 0 aliphatic rings. The maximum Gasteiger partial charge on any atom is 0.357 e. The minimum atomic E-state index is -0.824. The highest BCUT2D eigenvalue weighted by Gasteiger charge is 2.28. The van der Waals surface area contributed by atoms with Crippen LogP contribution in [-0.4, -0.2) is 66.6 Å². The number of thiazole rings is 1. The third-order valence-electron chi connectivity index (χ3n) is 5.90. The SMILES string of the molecule is CC[C@H](C)CC(=O)N(C)C(CC(O)c1nc(C(=O)OC)cs1)C(C)C.CNCCCCCC(N)=O. The smallest absolute Gasteiger partial charge is 0.357 e. The quantitative estimate of drug-likeness (QED) is 0.241. The Morgan fingerprint density at radius 2 is 1.89 bits per heavy atom. The number of rotatable bonds is 15. The van der Waals surface area contributed by atoms with Crippen LogP contribution in [0.5, 0.6) is 0 Å². The van der Waals surface area contributed by atoms with Crippen LogP contribution in [0.1, 0.15) is 94.2 Å². The molecule has 202 valence electrons. The van der Waals surface area contributed by atoms with Crippen LogP contribution < -0.4 is 11.1 Å². The van der Waals surface area contributed by atoms with Crippen LogP contribution in [0.15, 0.2) is 5.38 Å². The number of hydrogen-bond donors (Lipinski definition) is 3. The predicted octanol–water partition coefficient (Wildman–Crippen LogP) is 3.52. The summed E-state index contributed by atoms with van der Waals surface area (Å²) in [7, 11) is 5.02. The number of unbranched alkanes of at least 4 members (excludes halogenated alkanes) is 2. The van der Waals surface area contributed by atoms with E-state index >= 15 is 0 Å². The van der Waals surface area contributed by atoms with Gasteiger partial charge in [0, 0.05) is 37.7 Å². The molecule has 10 heteroatoms. The van der Waals surface area contributed by atoms with Crippen LogP contribution in [0.4, 0.5) is 0 Å². The molecule has 0 bridgehead atoms.